The lowest BCUT2D eigenvalue weighted by Crippen LogP contribution is -2.12. The Kier molecular flexibility index (Phi) is 3.72. The monoisotopic (exact) mass is 240 g/mol. The molecule has 16 heavy (non-hydrogen) atoms. The quantitative estimate of drug-likeness (QED) is 0.873. The van der Waals surface area contributed by atoms with Gasteiger partial charge in [-0.15, -0.1) is 0 Å². The molecule has 1 atom stereocenters. The summed E-state index contributed by atoms with van der Waals surface area (Å²) in [5.41, 5.74) is 0.777. The first-order valence-electron chi connectivity index (χ1n) is 5.81. The Morgan fingerprint density at radius 3 is 2.69 bits per heavy atom. The molecule has 0 aliphatic heterocycles. The summed E-state index contributed by atoms with van der Waals surface area (Å²) in [6.45, 7) is 1.73. The van der Waals surface area contributed by atoms with E-state index in [1.807, 2.05) is 6.07 Å². The van der Waals surface area contributed by atoms with Crippen LogP contribution in [0.1, 0.15) is 44.3 Å². The summed E-state index contributed by atoms with van der Waals surface area (Å²) >= 11 is 5.91. The first-order valence-corrected chi connectivity index (χ1v) is 6.19. The average Bonchev–Trinajstić information content (AvgIpc) is 2.73. The van der Waals surface area contributed by atoms with Gasteiger partial charge in [-0.1, -0.05) is 11.6 Å². The predicted octanol–water partition coefficient (Wildman–Crippen LogP) is 3.71. The van der Waals surface area contributed by atoms with Crippen molar-refractivity contribution in [1.29, 1.82) is 0 Å². The van der Waals surface area contributed by atoms with Crippen LogP contribution < -0.4 is 4.74 Å². The van der Waals surface area contributed by atoms with Crippen molar-refractivity contribution in [3.05, 3.63) is 28.8 Å². The van der Waals surface area contributed by atoms with E-state index < -0.39 is 6.10 Å². The Morgan fingerprint density at radius 2 is 2.06 bits per heavy atom. The minimum Gasteiger partial charge on any atom is -0.490 e. The fraction of sp³-hybridized carbons (Fsp3) is 0.538. The largest absolute Gasteiger partial charge is 0.490 e. The van der Waals surface area contributed by atoms with Crippen molar-refractivity contribution in [3.8, 4) is 5.75 Å². The maximum atomic E-state index is 9.66. The van der Waals surface area contributed by atoms with Gasteiger partial charge in [0.1, 0.15) is 5.75 Å². The van der Waals surface area contributed by atoms with Crippen LogP contribution in [0.5, 0.6) is 5.75 Å². The van der Waals surface area contributed by atoms with Crippen LogP contribution in [0, 0.1) is 0 Å². The summed E-state index contributed by atoms with van der Waals surface area (Å²) in [6, 6.07) is 5.43. The average molecular weight is 241 g/mol. The highest BCUT2D eigenvalue weighted by Gasteiger charge is 2.19. The number of aliphatic hydroxyl groups excluding tert-OH is 1. The first kappa shape index (κ1) is 11.7. The second-order valence-corrected chi connectivity index (χ2v) is 4.82. The summed E-state index contributed by atoms with van der Waals surface area (Å²) in [5.74, 6) is 0.770. The molecule has 0 aromatic heterocycles. The Bertz CT molecular complexity index is 357. The van der Waals surface area contributed by atoms with Crippen molar-refractivity contribution in [1.82, 2.24) is 0 Å². The van der Waals surface area contributed by atoms with Gasteiger partial charge >= 0.3 is 0 Å². The molecule has 3 heteroatoms. The second-order valence-electron chi connectivity index (χ2n) is 4.38. The number of halogens is 1. The molecule has 1 aromatic rings. The SMILES string of the molecule is C[C@@H](O)c1cc(Cl)ccc1OC1CCCC1. The van der Waals surface area contributed by atoms with E-state index in [4.69, 9.17) is 16.3 Å². The van der Waals surface area contributed by atoms with Crippen molar-refractivity contribution < 1.29 is 9.84 Å². The molecule has 0 unspecified atom stereocenters. The van der Waals surface area contributed by atoms with Crippen LogP contribution in [-0.2, 0) is 0 Å². The molecule has 0 radical (unpaired) electrons. The number of hydrogen-bond donors (Lipinski definition) is 1. The van der Waals surface area contributed by atoms with Crippen LogP contribution in [0.15, 0.2) is 18.2 Å². The smallest absolute Gasteiger partial charge is 0.125 e. The summed E-state index contributed by atoms with van der Waals surface area (Å²) < 4.78 is 5.90. The fourth-order valence-electron chi connectivity index (χ4n) is 2.14. The maximum absolute atomic E-state index is 9.66. The standard InChI is InChI=1S/C13H17ClO2/c1-9(15)12-8-10(14)6-7-13(12)16-11-4-2-3-5-11/h6-9,11,15H,2-5H2,1H3/t9-/m1/s1. The molecule has 0 bridgehead atoms. The van der Waals surface area contributed by atoms with Crippen molar-refractivity contribution in [2.24, 2.45) is 0 Å². The van der Waals surface area contributed by atoms with Crippen LogP contribution in [0.2, 0.25) is 5.02 Å². The summed E-state index contributed by atoms with van der Waals surface area (Å²) in [7, 11) is 0. The van der Waals surface area contributed by atoms with Crippen molar-refractivity contribution in [2.45, 2.75) is 44.8 Å². The normalized spacial score (nSPS) is 18.7. The van der Waals surface area contributed by atoms with Crippen LogP contribution >= 0.6 is 11.6 Å². The Labute approximate surface area is 101 Å². The molecule has 2 rings (SSSR count). The molecule has 1 aliphatic carbocycles. The molecule has 0 spiro atoms. The van der Waals surface area contributed by atoms with E-state index in [0.717, 1.165) is 24.2 Å². The van der Waals surface area contributed by atoms with Crippen LogP contribution in [0.25, 0.3) is 0 Å². The summed E-state index contributed by atoms with van der Waals surface area (Å²) in [4.78, 5) is 0. The van der Waals surface area contributed by atoms with E-state index in [1.165, 1.54) is 12.8 Å². The highest BCUT2D eigenvalue weighted by atomic mass is 35.5. The number of hydrogen-bond acceptors (Lipinski definition) is 2. The molecule has 1 aliphatic rings. The molecular weight excluding hydrogens is 224 g/mol. The molecule has 1 saturated carbocycles. The minimum atomic E-state index is -0.546. The zero-order valence-corrected chi connectivity index (χ0v) is 10.2. The first-order chi connectivity index (χ1) is 7.66. The number of ether oxygens (including phenoxy) is 1. The topological polar surface area (TPSA) is 29.5 Å². The third kappa shape index (κ3) is 2.69. The maximum Gasteiger partial charge on any atom is 0.125 e. The molecule has 88 valence electrons. The highest BCUT2D eigenvalue weighted by Crippen LogP contribution is 2.31. The van der Waals surface area contributed by atoms with Gasteiger partial charge in [0.25, 0.3) is 0 Å². The Balaban J connectivity index is 2.18. The van der Waals surface area contributed by atoms with Gasteiger partial charge in [-0.2, -0.15) is 0 Å². The van der Waals surface area contributed by atoms with E-state index in [1.54, 1.807) is 19.1 Å². The molecule has 0 amide bonds. The minimum absolute atomic E-state index is 0.304. The lowest BCUT2D eigenvalue weighted by atomic mass is 10.1. The Hall–Kier alpha value is -0.730. The van der Waals surface area contributed by atoms with Crippen molar-refractivity contribution in [3.63, 3.8) is 0 Å². The van der Waals surface area contributed by atoms with Crippen molar-refractivity contribution >= 4 is 11.6 Å². The number of aliphatic hydroxyl groups is 1. The lowest BCUT2D eigenvalue weighted by Gasteiger charge is -2.18. The summed E-state index contributed by atoms with van der Waals surface area (Å²) in [5, 5.41) is 10.3. The number of rotatable bonds is 3. The van der Waals surface area contributed by atoms with Gasteiger partial charge in [0, 0.05) is 10.6 Å². The molecular formula is C13H17ClO2. The molecule has 0 saturated heterocycles. The zero-order chi connectivity index (χ0) is 11.5. The molecule has 1 fully saturated rings. The van der Waals surface area contributed by atoms with Gasteiger partial charge < -0.3 is 9.84 Å². The van der Waals surface area contributed by atoms with E-state index in [-0.39, 0.29) is 0 Å². The molecule has 2 nitrogen and oxygen atoms in total. The van der Waals surface area contributed by atoms with E-state index in [2.05, 4.69) is 0 Å². The van der Waals surface area contributed by atoms with Crippen LogP contribution in [0.4, 0.5) is 0 Å². The Morgan fingerprint density at radius 1 is 1.38 bits per heavy atom. The third-order valence-electron chi connectivity index (χ3n) is 3.02. The van der Waals surface area contributed by atoms with Gasteiger partial charge in [0.2, 0.25) is 0 Å². The molecule has 0 heterocycles. The van der Waals surface area contributed by atoms with E-state index in [9.17, 15) is 5.11 Å². The van der Waals surface area contributed by atoms with Gasteiger partial charge in [0.15, 0.2) is 0 Å². The van der Waals surface area contributed by atoms with Gasteiger partial charge in [-0.05, 0) is 50.8 Å². The predicted molar refractivity (Wildman–Crippen MR) is 65.0 cm³/mol. The molecule has 1 N–H and O–H groups in total. The highest BCUT2D eigenvalue weighted by molar-refractivity contribution is 6.30. The fourth-order valence-corrected chi connectivity index (χ4v) is 2.32. The summed E-state index contributed by atoms with van der Waals surface area (Å²) in [6.07, 6.45) is 4.46. The third-order valence-corrected chi connectivity index (χ3v) is 3.25. The van der Waals surface area contributed by atoms with Crippen LogP contribution in [0.3, 0.4) is 0 Å². The van der Waals surface area contributed by atoms with Gasteiger partial charge in [-0.3, -0.25) is 0 Å². The van der Waals surface area contributed by atoms with Gasteiger partial charge in [-0.25, -0.2) is 0 Å². The van der Waals surface area contributed by atoms with E-state index >= 15 is 0 Å². The van der Waals surface area contributed by atoms with Crippen molar-refractivity contribution in [2.75, 3.05) is 0 Å². The van der Waals surface area contributed by atoms with E-state index in [0.29, 0.717) is 11.1 Å². The number of benzene rings is 1. The van der Waals surface area contributed by atoms with Crippen LogP contribution in [-0.4, -0.2) is 11.2 Å². The lowest BCUT2D eigenvalue weighted by molar-refractivity contribution is 0.174. The second kappa shape index (κ2) is 5.07. The molecule has 1 aromatic carbocycles. The zero-order valence-electron chi connectivity index (χ0n) is 9.45. The van der Waals surface area contributed by atoms with Gasteiger partial charge in [0.05, 0.1) is 12.2 Å².